The second-order valence-corrected chi connectivity index (χ2v) is 6.21. The van der Waals surface area contributed by atoms with Crippen molar-refractivity contribution in [3.8, 4) is 5.69 Å². The van der Waals surface area contributed by atoms with E-state index < -0.39 is 16.9 Å². The summed E-state index contributed by atoms with van der Waals surface area (Å²) in [5.41, 5.74) is 2.28. The number of carbonyl (C=O) groups is 2. The van der Waals surface area contributed by atoms with Crippen LogP contribution in [0.5, 0.6) is 0 Å². The van der Waals surface area contributed by atoms with Crippen molar-refractivity contribution in [2.45, 2.75) is 13.5 Å². The van der Waals surface area contributed by atoms with Gasteiger partial charge in [-0.15, -0.1) is 5.10 Å². The van der Waals surface area contributed by atoms with Gasteiger partial charge in [0.2, 0.25) is 0 Å². The first-order valence-electron chi connectivity index (χ1n) is 8.78. The van der Waals surface area contributed by atoms with Crippen molar-refractivity contribution in [1.82, 2.24) is 20.3 Å². The molecular formula is C19H18N6O5. The number of rotatable bonds is 6. The molecule has 2 N–H and O–H groups in total. The molecule has 0 aliphatic rings. The van der Waals surface area contributed by atoms with Gasteiger partial charge < -0.3 is 10.1 Å². The van der Waals surface area contributed by atoms with E-state index in [-0.39, 0.29) is 17.9 Å². The lowest BCUT2D eigenvalue weighted by atomic mass is 10.2. The van der Waals surface area contributed by atoms with E-state index in [0.29, 0.717) is 17.1 Å². The maximum atomic E-state index is 12.5. The standard InChI is InChI=1S/C19H18N6O5/c1-12-17(22-23-24(12)15-4-3-5-16(10-15)25(28)29)18(26)20-11-13-6-8-14(9-7-13)21-19(27)30-2/h3-10H,11H2,1-2H3,(H,20,26)(H,21,27). The molecule has 1 aromatic heterocycles. The van der Waals surface area contributed by atoms with Crippen LogP contribution < -0.4 is 10.6 Å². The number of carbonyl (C=O) groups excluding carboxylic acids is 2. The summed E-state index contributed by atoms with van der Waals surface area (Å²) >= 11 is 0. The van der Waals surface area contributed by atoms with Crippen molar-refractivity contribution in [1.29, 1.82) is 0 Å². The SMILES string of the molecule is COC(=O)Nc1ccc(CNC(=O)c2nnn(-c3cccc([N+](=O)[O-])c3)c2C)cc1. The van der Waals surface area contributed by atoms with Gasteiger partial charge in [-0.25, -0.2) is 9.48 Å². The highest BCUT2D eigenvalue weighted by Crippen LogP contribution is 2.18. The van der Waals surface area contributed by atoms with Crippen LogP contribution in [0.3, 0.4) is 0 Å². The van der Waals surface area contributed by atoms with Crippen LogP contribution in [0.25, 0.3) is 5.69 Å². The van der Waals surface area contributed by atoms with Crippen LogP contribution in [-0.2, 0) is 11.3 Å². The van der Waals surface area contributed by atoms with E-state index in [9.17, 15) is 19.7 Å². The fourth-order valence-corrected chi connectivity index (χ4v) is 2.66. The first-order chi connectivity index (χ1) is 14.4. The van der Waals surface area contributed by atoms with Gasteiger partial charge in [0.05, 0.1) is 23.4 Å². The molecule has 1 heterocycles. The van der Waals surface area contributed by atoms with Crippen LogP contribution in [-0.4, -0.2) is 39.0 Å². The molecule has 0 fully saturated rings. The number of nitro groups is 1. The largest absolute Gasteiger partial charge is 0.453 e. The van der Waals surface area contributed by atoms with E-state index >= 15 is 0 Å². The van der Waals surface area contributed by atoms with Crippen LogP contribution in [0.4, 0.5) is 16.2 Å². The van der Waals surface area contributed by atoms with Gasteiger partial charge in [0.15, 0.2) is 5.69 Å². The summed E-state index contributed by atoms with van der Waals surface area (Å²) in [5.74, 6) is -0.430. The van der Waals surface area contributed by atoms with Gasteiger partial charge in [-0.2, -0.15) is 0 Å². The van der Waals surface area contributed by atoms with Gasteiger partial charge in [-0.1, -0.05) is 23.4 Å². The molecule has 0 bridgehead atoms. The van der Waals surface area contributed by atoms with E-state index in [4.69, 9.17) is 0 Å². The molecule has 2 amide bonds. The molecule has 0 aliphatic carbocycles. The maximum Gasteiger partial charge on any atom is 0.411 e. The number of benzene rings is 2. The van der Waals surface area contributed by atoms with Crippen molar-refractivity contribution in [2.75, 3.05) is 12.4 Å². The Morgan fingerprint density at radius 2 is 1.93 bits per heavy atom. The summed E-state index contributed by atoms with van der Waals surface area (Å²) in [6.45, 7) is 1.89. The maximum absolute atomic E-state index is 12.5. The van der Waals surface area contributed by atoms with Crippen molar-refractivity contribution in [3.05, 3.63) is 75.6 Å². The van der Waals surface area contributed by atoms with E-state index in [1.807, 2.05) is 0 Å². The number of nitro benzene ring substituents is 1. The number of non-ortho nitro benzene ring substituents is 1. The molecular weight excluding hydrogens is 392 g/mol. The summed E-state index contributed by atoms with van der Waals surface area (Å²) in [6.07, 6.45) is -0.571. The molecule has 30 heavy (non-hydrogen) atoms. The minimum Gasteiger partial charge on any atom is -0.453 e. The molecule has 0 saturated heterocycles. The number of amides is 2. The molecule has 11 heteroatoms. The van der Waals surface area contributed by atoms with Gasteiger partial charge in [0.25, 0.3) is 11.6 Å². The van der Waals surface area contributed by atoms with E-state index in [2.05, 4.69) is 25.7 Å². The molecule has 0 aliphatic heterocycles. The normalized spacial score (nSPS) is 10.3. The zero-order valence-corrected chi connectivity index (χ0v) is 16.2. The lowest BCUT2D eigenvalue weighted by Gasteiger charge is -2.07. The summed E-state index contributed by atoms with van der Waals surface area (Å²) in [7, 11) is 1.27. The second kappa shape index (κ2) is 8.82. The fourth-order valence-electron chi connectivity index (χ4n) is 2.66. The average molecular weight is 410 g/mol. The Labute approximate surface area is 170 Å². The van der Waals surface area contributed by atoms with E-state index in [0.717, 1.165) is 5.56 Å². The quantitative estimate of drug-likeness (QED) is 0.470. The van der Waals surface area contributed by atoms with Gasteiger partial charge >= 0.3 is 6.09 Å². The predicted molar refractivity (Wildman–Crippen MR) is 106 cm³/mol. The Kier molecular flexibility index (Phi) is 6.01. The first kappa shape index (κ1) is 20.5. The second-order valence-electron chi connectivity index (χ2n) is 6.21. The topological polar surface area (TPSA) is 141 Å². The minimum atomic E-state index is -0.571. The van der Waals surface area contributed by atoms with Gasteiger partial charge in [0, 0.05) is 24.4 Å². The number of methoxy groups -OCH3 is 1. The Balaban J connectivity index is 1.67. The minimum absolute atomic E-state index is 0.0847. The Bertz CT molecular complexity index is 1090. The van der Waals surface area contributed by atoms with Gasteiger partial charge in [-0.3, -0.25) is 20.2 Å². The third kappa shape index (κ3) is 4.58. The van der Waals surface area contributed by atoms with Crippen molar-refractivity contribution < 1.29 is 19.2 Å². The lowest BCUT2D eigenvalue weighted by molar-refractivity contribution is -0.384. The molecule has 154 valence electrons. The van der Waals surface area contributed by atoms with E-state index in [1.165, 1.54) is 30.0 Å². The highest BCUT2D eigenvalue weighted by molar-refractivity contribution is 5.93. The molecule has 0 spiro atoms. The lowest BCUT2D eigenvalue weighted by Crippen LogP contribution is -2.24. The number of hydrogen-bond acceptors (Lipinski definition) is 7. The Morgan fingerprint density at radius 1 is 1.20 bits per heavy atom. The van der Waals surface area contributed by atoms with Crippen LogP contribution in [0.1, 0.15) is 21.7 Å². The Hall–Kier alpha value is -4.28. The molecule has 0 saturated carbocycles. The molecule has 3 aromatic rings. The van der Waals surface area contributed by atoms with E-state index in [1.54, 1.807) is 37.3 Å². The summed E-state index contributed by atoms with van der Waals surface area (Å²) in [6, 6.07) is 12.8. The van der Waals surface area contributed by atoms with Crippen molar-refractivity contribution >= 4 is 23.4 Å². The summed E-state index contributed by atoms with van der Waals surface area (Å²) in [5, 5.41) is 24.1. The zero-order chi connectivity index (χ0) is 21.7. The number of ether oxygens (including phenoxy) is 1. The number of anilines is 1. The van der Waals surface area contributed by atoms with Gasteiger partial charge in [-0.05, 0) is 30.7 Å². The molecule has 0 radical (unpaired) electrons. The number of aromatic nitrogens is 3. The molecule has 11 nitrogen and oxygen atoms in total. The third-order valence-corrected chi connectivity index (χ3v) is 4.23. The molecule has 0 unspecified atom stereocenters. The fraction of sp³-hybridized carbons (Fsp3) is 0.158. The monoisotopic (exact) mass is 410 g/mol. The average Bonchev–Trinajstić information content (AvgIpc) is 3.14. The number of nitrogens with one attached hydrogen (secondary N) is 2. The Morgan fingerprint density at radius 3 is 2.60 bits per heavy atom. The third-order valence-electron chi connectivity index (χ3n) is 4.23. The highest BCUT2D eigenvalue weighted by Gasteiger charge is 2.18. The number of nitrogens with zero attached hydrogens (tertiary/aromatic N) is 4. The van der Waals surface area contributed by atoms with Crippen LogP contribution >= 0.6 is 0 Å². The van der Waals surface area contributed by atoms with Crippen molar-refractivity contribution in [2.24, 2.45) is 0 Å². The van der Waals surface area contributed by atoms with Crippen LogP contribution in [0, 0.1) is 17.0 Å². The molecule has 0 atom stereocenters. The zero-order valence-electron chi connectivity index (χ0n) is 16.2. The van der Waals surface area contributed by atoms with Crippen LogP contribution in [0.15, 0.2) is 48.5 Å². The number of hydrogen-bond donors (Lipinski definition) is 2. The van der Waals surface area contributed by atoms with Gasteiger partial charge in [0.1, 0.15) is 0 Å². The molecule has 2 aromatic carbocycles. The summed E-state index contributed by atoms with van der Waals surface area (Å²) in [4.78, 5) is 34.1. The van der Waals surface area contributed by atoms with Crippen molar-refractivity contribution in [3.63, 3.8) is 0 Å². The smallest absolute Gasteiger partial charge is 0.411 e. The predicted octanol–water partition coefficient (Wildman–Crippen LogP) is 2.59. The van der Waals surface area contributed by atoms with Crippen LogP contribution in [0.2, 0.25) is 0 Å². The highest BCUT2D eigenvalue weighted by atomic mass is 16.6. The molecule has 3 rings (SSSR count). The first-order valence-corrected chi connectivity index (χ1v) is 8.78. The summed E-state index contributed by atoms with van der Waals surface area (Å²) < 4.78 is 5.89.